The highest BCUT2D eigenvalue weighted by Crippen LogP contribution is 2.34. The predicted molar refractivity (Wildman–Crippen MR) is 68.2 cm³/mol. The molecule has 0 heterocycles. The lowest BCUT2D eigenvalue weighted by Crippen LogP contribution is -2.31. The van der Waals surface area contributed by atoms with E-state index in [0.717, 1.165) is 25.7 Å². The van der Waals surface area contributed by atoms with Crippen molar-refractivity contribution in [3.8, 4) is 0 Å². The zero-order valence-electron chi connectivity index (χ0n) is 11.0. The lowest BCUT2D eigenvalue weighted by atomic mass is 9.74. The van der Waals surface area contributed by atoms with Gasteiger partial charge in [-0.25, -0.2) is 0 Å². The lowest BCUT2D eigenvalue weighted by molar-refractivity contribution is -0.125. The Hall–Kier alpha value is -0.370. The second-order valence-corrected chi connectivity index (χ2v) is 5.83. The summed E-state index contributed by atoms with van der Waals surface area (Å²) in [6, 6.07) is 0.0880. The summed E-state index contributed by atoms with van der Waals surface area (Å²) in [5.41, 5.74) is 5.94. The first kappa shape index (κ1) is 13.7. The third-order valence-corrected chi connectivity index (χ3v) is 3.76. The summed E-state index contributed by atoms with van der Waals surface area (Å²) in [5, 5.41) is 0. The smallest absolute Gasteiger partial charge is 0.137 e. The van der Waals surface area contributed by atoms with E-state index in [1.807, 2.05) is 0 Å². The largest absolute Gasteiger partial charge is 0.327 e. The third-order valence-electron chi connectivity index (χ3n) is 3.76. The van der Waals surface area contributed by atoms with Crippen LogP contribution in [0.3, 0.4) is 0 Å². The van der Waals surface area contributed by atoms with Gasteiger partial charge in [-0.05, 0) is 37.5 Å². The molecule has 16 heavy (non-hydrogen) atoms. The van der Waals surface area contributed by atoms with Gasteiger partial charge in [0, 0.05) is 18.4 Å². The highest BCUT2D eigenvalue weighted by atomic mass is 16.1. The van der Waals surface area contributed by atoms with E-state index in [-0.39, 0.29) is 6.04 Å². The van der Waals surface area contributed by atoms with Crippen LogP contribution in [0.5, 0.6) is 0 Å². The molecular weight excluding hydrogens is 198 g/mol. The zero-order chi connectivity index (χ0) is 12.1. The highest BCUT2D eigenvalue weighted by Gasteiger charge is 2.29. The highest BCUT2D eigenvalue weighted by molar-refractivity contribution is 5.81. The van der Waals surface area contributed by atoms with Gasteiger partial charge in [0.2, 0.25) is 0 Å². The molecule has 0 aromatic rings. The summed E-state index contributed by atoms with van der Waals surface area (Å²) < 4.78 is 0. The van der Waals surface area contributed by atoms with Gasteiger partial charge in [-0.1, -0.05) is 27.2 Å². The van der Waals surface area contributed by atoms with Crippen molar-refractivity contribution < 1.29 is 4.79 Å². The minimum atomic E-state index is 0.0880. The van der Waals surface area contributed by atoms with Crippen LogP contribution in [0.2, 0.25) is 0 Å². The van der Waals surface area contributed by atoms with Crippen LogP contribution in [0.4, 0.5) is 0 Å². The van der Waals surface area contributed by atoms with Crippen molar-refractivity contribution in [3.05, 3.63) is 0 Å². The lowest BCUT2D eigenvalue weighted by Gasteiger charge is -2.31. The summed E-state index contributed by atoms with van der Waals surface area (Å²) >= 11 is 0. The molecule has 1 aliphatic carbocycles. The first-order chi connectivity index (χ1) is 7.52. The first-order valence-corrected chi connectivity index (χ1v) is 6.81. The van der Waals surface area contributed by atoms with Crippen molar-refractivity contribution in [1.82, 2.24) is 0 Å². The van der Waals surface area contributed by atoms with Crippen molar-refractivity contribution in [2.75, 3.05) is 0 Å². The standard InChI is InChI=1S/C14H27NO/c1-4-5-13(15)9-14(16)12-7-10(2)6-11(3)8-12/h10-13H,4-9,15H2,1-3H3. The molecule has 0 spiro atoms. The Morgan fingerprint density at radius 2 is 1.81 bits per heavy atom. The fraction of sp³-hybridized carbons (Fsp3) is 0.929. The molecule has 0 aromatic carbocycles. The van der Waals surface area contributed by atoms with E-state index in [0.29, 0.717) is 30.0 Å². The van der Waals surface area contributed by atoms with Crippen LogP contribution < -0.4 is 5.73 Å². The monoisotopic (exact) mass is 225 g/mol. The van der Waals surface area contributed by atoms with Crippen LogP contribution in [-0.4, -0.2) is 11.8 Å². The van der Waals surface area contributed by atoms with Crippen molar-refractivity contribution in [2.24, 2.45) is 23.5 Å². The maximum absolute atomic E-state index is 12.1. The van der Waals surface area contributed by atoms with Gasteiger partial charge in [0.05, 0.1) is 0 Å². The molecular formula is C14H27NO. The van der Waals surface area contributed by atoms with Gasteiger partial charge in [0.15, 0.2) is 0 Å². The van der Waals surface area contributed by atoms with Gasteiger partial charge in [-0.2, -0.15) is 0 Å². The van der Waals surface area contributed by atoms with Crippen LogP contribution in [0.1, 0.15) is 59.3 Å². The normalized spacial score (nSPS) is 32.4. The van der Waals surface area contributed by atoms with Crippen LogP contribution in [0, 0.1) is 17.8 Å². The molecule has 2 nitrogen and oxygen atoms in total. The van der Waals surface area contributed by atoms with E-state index in [9.17, 15) is 4.79 Å². The van der Waals surface area contributed by atoms with Gasteiger partial charge in [0.1, 0.15) is 5.78 Å². The Balaban J connectivity index is 2.40. The van der Waals surface area contributed by atoms with E-state index < -0.39 is 0 Å². The number of carbonyl (C=O) groups is 1. The molecule has 2 heteroatoms. The summed E-state index contributed by atoms with van der Waals surface area (Å²) in [7, 11) is 0. The summed E-state index contributed by atoms with van der Waals surface area (Å²) in [6.45, 7) is 6.65. The summed E-state index contributed by atoms with van der Waals surface area (Å²) in [4.78, 5) is 12.1. The molecule has 1 rings (SSSR count). The average Bonchev–Trinajstić information content (AvgIpc) is 2.16. The molecule has 0 bridgehead atoms. The molecule has 3 atom stereocenters. The molecule has 0 saturated heterocycles. The molecule has 3 unspecified atom stereocenters. The Morgan fingerprint density at radius 3 is 2.31 bits per heavy atom. The number of hydrogen-bond donors (Lipinski definition) is 1. The molecule has 94 valence electrons. The number of nitrogens with two attached hydrogens (primary N) is 1. The van der Waals surface area contributed by atoms with Crippen molar-refractivity contribution in [2.45, 2.75) is 65.3 Å². The Morgan fingerprint density at radius 1 is 1.25 bits per heavy atom. The second-order valence-electron chi connectivity index (χ2n) is 5.83. The number of rotatable bonds is 5. The Kier molecular flexibility index (Phi) is 5.47. The Labute approximate surface area is 100.0 Å². The van der Waals surface area contributed by atoms with Gasteiger partial charge >= 0.3 is 0 Å². The average molecular weight is 225 g/mol. The fourth-order valence-electron chi connectivity index (χ4n) is 3.11. The van der Waals surface area contributed by atoms with E-state index in [1.165, 1.54) is 6.42 Å². The maximum Gasteiger partial charge on any atom is 0.137 e. The molecule has 0 aliphatic heterocycles. The van der Waals surface area contributed by atoms with Gasteiger partial charge < -0.3 is 5.73 Å². The summed E-state index contributed by atoms with van der Waals surface area (Å²) in [5.74, 6) is 2.13. The third kappa shape index (κ3) is 4.25. The quantitative estimate of drug-likeness (QED) is 0.781. The van der Waals surface area contributed by atoms with Crippen LogP contribution in [0.25, 0.3) is 0 Å². The van der Waals surface area contributed by atoms with Crippen molar-refractivity contribution in [3.63, 3.8) is 0 Å². The molecule has 0 amide bonds. The number of Topliss-reactive ketones (excluding diaryl/α,β-unsaturated/α-hetero) is 1. The fourth-order valence-corrected chi connectivity index (χ4v) is 3.11. The van der Waals surface area contributed by atoms with E-state index >= 15 is 0 Å². The van der Waals surface area contributed by atoms with Gasteiger partial charge in [-0.15, -0.1) is 0 Å². The topological polar surface area (TPSA) is 43.1 Å². The minimum absolute atomic E-state index is 0.0880. The molecule has 0 aromatic heterocycles. The Bertz CT molecular complexity index is 217. The molecule has 1 saturated carbocycles. The SMILES string of the molecule is CCCC(N)CC(=O)C1CC(C)CC(C)C1. The predicted octanol–water partition coefficient (Wildman–Crippen LogP) is 3.15. The van der Waals surface area contributed by atoms with Crippen LogP contribution in [0.15, 0.2) is 0 Å². The van der Waals surface area contributed by atoms with Gasteiger partial charge in [0.25, 0.3) is 0 Å². The molecule has 2 N–H and O–H groups in total. The molecule has 1 aliphatic rings. The van der Waals surface area contributed by atoms with Crippen molar-refractivity contribution in [1.29, 1.82) is 0 Å². The number of hydrogen-bond acceptors (Lipinski definition) is 2. The van der Waals surface area contributed by atoms with E-state index in [1.54, 1.807) is 0 Å². The maximum atomic E-state index is 12.1. The molecule has 1 fully saturated rings. The van der Waals surface area contributed by atoms with Crippen LogP contribution >= 0.6 is 0 Å². The van der Waals surface area contributed by atoms with Crippen molar-refractivity contribution >= 4 is 5.78 Å². The van der Waals surface area contributed by atoms with Gasteiger partial charge in [-0.3, -0.25) is 4.79 Å². The number of ketones is 1. The zero-order valence-corrected chi connectivity index (χ0v) is 11.0. The van der Waals surface area contributed by atoms with E-state index in [4.69, 9.17) is 5.73 Å². The minimum Gasteiger partial charge on any atom is -0.327 e. The first-order valence-electron chi connectivity index (χ1n) is 6.81. The summed E-state index contributed by atoms with van der Waals surface area (Å²) in [6.07, 6.45) is 6.10. The van der Waals surface area contributed by atoms with E-state index in [2.05, 4.69) is 20.8 Å². The second kappa shape index (κ2) is 6.39. The number of carbonyl (C=O) groups excluding carboxylic acids is 1. The van der Waals surface area contributed by atoms with Crippen LogP contribution in [-0.2, 0) is 4.79 Å². The molecule has 0 radical (unpaired) electrons.